The highest BCUT2D eigenvalue weighted by Gasteiger charge is 2.26. The van der Waals surface area contributed by atoms with Gasteiger partial charge in [-0.1, -0.05) is 42.5 Å². The molecule has 0 saturated carbocycles. The Morgan fingerprint density at radius 1 is 0.909 bits per heavy atom. The van der Waals surface area contributed by atoms with Gasteiger partial charge >= 0.3 is 0 Å². The topological polar surface area (TPSA) is 41.1 Å². The number of amides is 1. The second kappa shape index (κ2) is 5.58. The zero-order chi connectivity index (χ0) is 14.9. The molecule has 1 saturated heterocycles. The van der Waals surface area contributed by atoms with Crippen LogP contribution in [0, 0.1) is 0 Å². The maximum absolute atomic E-state index is 12.2. The molecule has 2 aromatic rings. The van der Waals surface area contributed by atoms with E-state index in [2.05, 4.69) is 47.0 Å². The molecule has 2 aliphatic rings. The SMILES string of the molecule is O=C1NCCNC1c1ccccc1-c1cccc2c1CCC2. The van der Waals surface area contributed by atoms with Crippen molar-refractivity contribution < 1.29 is 4.79 Å². The van der Waals surface area contributed by atoms with Crippen LogP contribution >= 0.6 is 0 Å². The minimum absolute atomic E-state index is 0.0753. The summed E-state index contributed by atoms with van der Waals surface area (Å²) in [5, 5.41) is 6.31. The van der Waals surface area contributed by atoms with E-state index in [1.165, 1.54) is 35.1 Å². The Hall–Kier alpha value is -2.13. The van der Waals surface area contributed by atoms with Crippen molar-refractivity contribution in [3.8, 4) is 11.1 Å². The lowest BCUT2D eigenvalue weighted by atomic mass is 9.90. The summed E-state index contributed by atoms with van der Waals surface area (Å²) in [7, 11) is 0. The number of hydrogen-bond donors (Lipinski definition) is 2. The van der Waals surface area contributed by atoms with E-state index in [0.29, 0.717) is 6.54 Å². The Kier molecular flexibility index (Phi) is 3.43. The zero-order valence-corrected chi connectivity index (χ0v) is 12.6. The number of aryl methyl sites for hydroxylation is 1. The number of hydrogen-bond acceptors (Lipinski definition) is 2. The molecule has 22 heavy (non-hydrogen) atoms. The predicted molar refractivity (Wildman–Crippen MR) is 87.7 cm³/mol. The number of carbonyl (C=O) groups excluding carboxylic acids is 1. The Labute approximate surface area is 130 Å². The lowest BCUT2D eigenvalue weighted by Gasteiger charge is -2.26. The molecule has 0 bridgehead atoms. The molecule has 1 aliphatic heterocycles. The van der Waals surface area contributed by atoms with Gasteiger partial charge in [0, 0.05) is 13.1 Å². The zero-order valence-electron chi connectivity index (χ0n) is 12.6. The van der Waals surface area contributed by atoms with E-state index in [4.69, 9.17) is 0 Å². The van der Waals surface area contributed by atoms with Crippen LogP contribution in [-0.2, 0) is 17.6 Å². The smallest absolute Gasteiger partial charge is 0.241 e. The van der Waals surface area contributed by atoms with E-state index in [1.54, 1.807) is 0 Å². The van der Waals surface area contributed by atoms with Crippen LogP contribution in [0.5, 0.6) is 0 Å². The average Bonchev–Trinajstić information content (AvgIpc) is 3.04. The van der Waals surface area contributed by atoms with Crippen LogP contribution in [-0.4, -0.2) is 19.0 Å². The van der Waals surface area contributed by atoms with Crippen LogP contribution < -0.4 is 10.6 Å². The summed E-state index contributed by atoms with van der Waals surface area (Å²) in [4.78, 5) is 12.2. The van der Waals surface area contributed by atoms with E-state index in [9.17, 15) is 4.79 Å². The van der Waals surface area contributed by atoms with E-state index in [-0.39, 0.29) is 11.9 Å². The summed E-state index contributed by atoms with van der Waals surface area (Å²) >= 11 is 0. The normalized spacial score (nSPS) is 20.5. The van der Waals surface area contributed by atoms with Crippen molar-refractivity contribution in [2.24, 2.45) is 0 Å². The Morgan fingerprint density at radius 3 is 2.68 bits per heavy atom. The molecule has 0 radical (unpaired) electrons. The molecule has 1 atom stereocenters. The highest BCUT2D eigenvalue weighted by atomic mass is 16.2. The molecule has 1 unspecified atom stereocenters. The van der Waals surface area contributed by atoms with Crippen LogP contribution in [0.2, 0.25) is 0 Å². The third-order valence-electron chi connectivity index (χ3n) is 4.74. The molecule has 1 amide bonds. The number of nitrogens with one attached hydrogen (secondary N) is 2. The quantitative estimate of drug-likeness (QED) is 0.893. The van der Waals surface area contributed by atoms with Gasteiger partial charge in [-0.3, -0.25) is 4.79 Å². The van der Waals surface area contributed by atoms with Crippen LogP contribution in [0.25, 0.3) is 11.1 Å². The minimum Gasteiger partial charge on any atom is -0.353 e. The molecule has 1 aliphatic carbocycles. The first kappa shape index (κ1) is 13.5. The molecular formula is C19H20N2O. The van der Waals surface area contributed by atoms with Gasteiger partial charge in [-0.15, -0.1) is 0 Å². The Balaban J connectivity index is 1.83. The molecule has 3 nitrogen and oxygen atoms in total. The number of rotatable bonds is 2. The summed E-state index contributed by atoms with van der Waals surface area (Å²) < 4.78 is 0. The first-order valence-corrected chi connectivity index (χ1v) is 8.06. The fourth-order valence-corrected chi connectivity index (χ4v) is 3.71. The number of fused-ring (bicyclic) bond motifs is 1. The summed E-state index contributed by atoms with van der Waals surface area (Å²) in [5.74, 6) is 0.0753. The lowest BCUT2D eigenvalue weighted by Crippen LogP contribution is -2.47. The van der Waals surface area contributed by atoms with Crippen molar-refractivity contribution in [2.45, 2.75) is 25.3 Å². The van der Waals surface area contributed by atoms with Gasteiger partial charge in [-0.25, -0.2) is 0 Å². The Morgan fingerprint density at radius 2 is 1.77 bits per heavy atom. The minimum atomic E-state index is -0.248. The van der Waals surface area contributed by atoms with Gasteiger partial charge in [0.05, 0.1) is 0 Å². The number of carbonyl (C=O) groups is 1. The maximum atomic E-state index is 12.2. The third-order valence-corrected chi connectivity index (χ3v) is 4.74. The van der Waals surface area contributed by atoms with E-state index < -0.39 is 0 Å². The van der Waals surface area contributed by atoms with Crippen LogP contribution in [0.15, 0.2) is 42.5 Å². The second-order valence-corrected chi connectivity index (χ2v) is 6.06. The summed E-state index contributed by atoms with van der Waals surface area (Å²) in [6.07, 6.45) is 3.55. The van der Waals surface area contributed by atoms with Gasteiger partial charge in [0.2, 0.25) is 5.91 Å². The monoisotopic (exact) mass is 292 g/mol. The van der Waals surface area contributed by atoms with Gasteiger partial charge in [0.25, 0.3) is 0 Å². The molecular weight excluding hydrogens is 272 g/mol. The van der Waals surface area contributed by atoms with Crippen molar-refractivity contribution in [1.82, 2.24) is 10.6 Å². The second-order valence-electron chi connectivity index (χ2n) is 6.06. The Bertz CT molecular complexity index is 723. The summed E-state index contributed by atoms with van der Waals surface area (Å²) in [6, 6.07) is 14.6. The molecule has 112 valence electrons. The van der Waals surface area contributed by atoms with E-state index in [0.717, 1.165) is 18.5 Å². The molecule has 3 heteroatoms. The molecule has 2 N–H and O–H groups in total. The molecule has 1 heterocycles. The summed E-state index contributed by atoms with van der Waals surface area (Å²) in [5.41, 5.74) is 6.50. The molecule has 0 spiro atoms. The first-order chi connectivity index (χ1) is 10.8. The van der Waals surface area contributed by atoms with Crippen molar-refractivity contribution in [3.05, 3.63) is 59.2 Å². The average molecular weight is 292 g/mol. The maximum Gasteiger partial charge on any atom is 0.241 e. The highest BCUT2D eigenvalue weighted by Crippen LogP contribution is 2.36. The van der Waals surface area contributed by atoms with Crippen molar-refractivity contribution >= 4 is 5.91 Å². The van der Waals surface area contributed by atoms with Gasteiger partial charge in [0.15, 0.2) is 0 Å². The van der Waals surface area contributed by atoms with E-state index in [1.807, 2.05) is 6.07 Å². The van der Waals surface area contributed by atoms with Crippen molar-refractivity contribution in [1.29, 1.82) is 0 Å². The lowest BCUT2D eigenvalue weighted by molar-refractivity contribution is -0.124. The first-order valence-electron chi connectivity index (χ1n) is 8.06. The van der Waals surface area contributed by atoms with Crippen LogP contribution in [0.3, 0.4) is 0 Å². The van der Waals surface area contributed by atoms with Crippen LogP contribution in [0.4, 0.5) is 0 Å². The highest BCUT2D eigenvalue weighted by molar-refractivity contribution is 5.87. The van der Waals surface area contributed by atoms with E-state index >= 15 is 0 Å². The van der Waals surface area contributed by atoms with Crippen LogP contribution in [0.1, 0.15) is 29.2 Å². The number of piperazine rings is 1. The largest absolute Gasteiger partial charge is 0.353 e. The molecule has 2 aromatic carbocycles. The van der Waals surface area contributed by atoms with Gasteiger partial charge in [0.1, 0.15) is 6.04 Å². The molecule has 1 fully saturated rings. The van der Waals surface area contributed by atoms with Gasteiger partial charge < -0.3 is 10.6 Å². The van der Waals surface area contributed by atoms with Crippen molar-refractivity contribution in [2.75, 3.05) is 13.1 Å². The van der Waals surface area contributed by atoms with Crippen molar-refractivity contribution in [3.63, 3.8) is 0 Å². The van der Waals surface area contributed by atoms with Gasteiger partial charge in [-0.05, 0) is 47.1 Å². The standard InChI is InChI=1S/C19H20N2O/c22-19-18(20-11-12-21-19)17-8-2-1-7-16(17)15-10-4-6-13-5-3-9-14(13)15/h1-2,4,6-8,10,18,20H,3,5,9,11-12H2,(H,21,22). The predicted octanol–water partition coefficient (Wildman–Crippen LogP) is 2.60. The third kappa shape index (κ3) is 2.22. The number of benzene rings is 2. The van der Waals surface area contributed by atoms with Gasteiger partial charge in [-0.2, -0.15) is 0 Å². The fraction of sp³-hybridized carbons (Fsp3) is 0.316. The molecule has 0 aromatic heterocycles. The molecule has 4 rings (SSSR count). The fourth-order valence-electron chi connectivity index (χ4n) is 3.71. The summed E-state index contributed by atoms with van der Waals surface area (Å²) in [6.45, 7) is 1.52.